The van der Waals surface area contributed by atoms with Gasteiger partial charge in [0, 0.05) is 10.9 Å². The number of hydrogen-bond donors (Lipinski definition) is 3. The van der Waals surface area contributed by atoms with E-state index in [0.29, 0.717) is 16.5 Å². The van der Waals surface area contributed by atoms with E-state index in [4.69, 9.17) is 5.11 Å². The van der Waals surface area contributed by atoms with Gasteiger partial charge in [-0.2, -0.15) is 10.2 Å². The second-order valence-electron chi connectivity index (χ2n) is 7.77. The molecule has 1 amide bonds. The summed E-state index contributed by atoms with van der Waals surface area (Å²) in [5, 5.41) is 23.0. The molecule has 0 saturated carbocycles. The zero-order chi connectivity index (χ0) is 24.7. The Morgan fingerprint density at radius 1 is 1.26 bits per heavy atom. The van der Waals surface area contributed by atoms with E-state index in [1.54, 1.807) is 31.3 Å². The summed E-state index contributed by atoms with van der Waals surface area (Å²) >= 11 is 0. The molecule has 0 radical (unpaired) electrons. The lowest BCUT2D eigenvalue weighted by Gasteiger charge is -2.24. The summed E-state index contributed by atoms with van der Waals surface area (Å²) in [4.78, 5) is 15.5. The Morgan fingerprint density at radius 2 is 2.09 bits per heavy atom. The molecule has 3 aromatic heterocycles. The summed E-state index contributed by atoms with van der Waals surface area (Å²) in [7, 11) is -4.18. The average Bonchev–Trinajstić information content (AvgIpc) is 3.37. The smallest absolute Gasteiger partial charge is 0.409 e. The molecular weight excluding hydrogens is 477 g/mol. The molecule has 0 saturated heterocycles. The molecule has 2 aromatic carbocycles. The topological polar surface area (TPSA) is 146 Å². The van der Waals surface area contributed by atoms with Crippen LogP contribution >= 0.6 is 0 Å². The van der Waals surface area contributed by atoms with Gasteiger partial charge in [-0.25, -0.2) is 31.4 Å². The third-order valence-electron chi connectivity index (χ3n) is 5.42. The Hall–Kier alpha value is -4.52. The molecule has 5 rings (SSSR count). The highest BCUT2D eigenvalue weighted by Gasteiger charge is 2.30. The van der Waals surface area contributed by atoms with Crippen LogP contribution < -0.4 is 9.62 Å². The van der Waals surface area contributed by atoms with Gasteiger partial charge in [-0.15, -0.1) is 0 Å². The molecular formula is C22H18FN7O4S. The molecule has 0 atom stereocenters. The summed E-state index contributed by atoms with van der Waals surface area (Å²) in [5.41, 5.74) is 2.17. The van der Waals surface area contributed by atoms with E-state index in [9.17, 15) is 17.6 Å². The van der Waals surface area contributed by atoms with Crippen molar-refractivity contribution in [1.29, 1.82) is 0 Å². The van der Waals surface area contributed by atoms with Crippen molar-refractivity contribution in [2.75, 3.05) is 9.62 Å². The quantitative estimate of drug-likeness (QED) is 0.325. The third-order valence-corrected chi connectivity index (χ3v) is 7.05. The molecule has 178 valence electrons. The van der Waals surface area contributed by atoms with Crippen LogP contribution in [0.15, 0.2) is 61.2 Å². The van der Waals surface area contributed by atoms with Crippen LogP contribution in [0.3, 0.4) is 0 Å². The lowest BCUT2D eigenvalue weighted by atomic mass is 10.2. The number of carbonyl (C=O) groups is 1. The van der Waals surface area contributed by atoms with Crippen LogP contribution in [-0.4, -0.2) is 44.4 Å². The van der Waals surface area contributed by atoms with Gasteiger partial charge in [0.1, 0.15) is 17.7 Å². The highest BCUT2D eigenvalue weighted by atomic mass is 32.2. The standard InChI is InChI=1S/C22H18FN7O4S/c1-13-19(27-22(31)32)10-29-20(13)21(24-12-26-29)30(17-5-6-18-15(8-17)9-25-28-18)35(33,34)11-14-3-2-4-16(23)7-14/h2-10,12,27H,11H2,1H3,(H,25,28)(H,31,32). The fourth-order valence-electron chi connectivity index (χ4n) is 3.90. The van der Waals surface area contributed by atoms with Crippen molar-refractivity contribution >= 4 is 49.7 Å². The number of sulfonamides is 1. The van der Waals surface area contributed by atoms with Gasteiger partial charge in [-0.05, 0) is 42.8 Å². The molecule has 3 heterocycles. The minimum absolute atomic E-state index is 0.00943. The van der Waals surface area contributed by atoms with Crippen LogP contribution in [-0.2, 0) is 15.8 Å². The van der Waals surface area contributed by atoms with Crippen molar-refractivity contribution in [2.24, 2.45) is 0 Å². The van der Waals surface area contributed by atoms with Gasteiger partial charge in [-0.3, -0.25) is 10.4 Å². The molecule has 0 aliphatic heterocycles. The highest BCUT2D eigenvalue weighted by molar-refractivity contribution is 7.92. The monoisotopic (exact) mass is 495 g/mol. The Kier molecular flexibility index (Phi) is 5.32. The summed E-state index contributed by atoms with van der Waals surface area (Å²) in [6, 6.07) is 10.3. The molecule has 5 aromatic rings. The van der Waals surface area contributed by atoms with Gasteiger partial charge in [-0.1, -0.05) is 12.1 Å². The number of amides is 1. The Balaban J connectivity index is 1.73. The van der Waals surface area contributed by atoms with Gasteiger partial charge in [0.05, 0.1) is 35.0 Å². The molecule has 13 heteroatoms. The molecule has 0 fully saturated rings. The van der Waals surface area contributed by atoms with E-state index in [2.05, 4.69) is 25.6 Å². The molecule has 0 spiro atoms. The van der Waals surface area contributed by atoms with Crippen molar-refractivity contribution in [1.82, 2.24) is 24.8 Å². The number of fused-ring (bicyclic) bond motifs is 2. The van der Waals surface area contributed by atoms with E-state index in [-0.39, 0.29) is 28.3 Å². The average molecular weight is 495 g/mol. The minimum atomic E-state index is -4.18. The van der Waals surface area contributed by atoms with Crippen LogP contribution in [0.25, 0.3) is 16.4 Å². The lowest BCUT2D eigenvalue weighted by Crippen LogP contribution is -2.29. The predicted molar refractivity (Wildman–Crippen MR) is 127 cm³/mol. The maximum Gasteiger partial charge on any atom is 0.409 e. The maximum absolute atomic E-state index is 13.8. The van der Waals surface area contributed by atoms with Crippen LogP contribution in [0, 0.1) is 12.7 Å². The van der Waals surface area contributed by atoms with Crippen molar-refractivity contribution in [2.45, 2.75) is 12.7 Å². The first-order valence-electron chi connectivity index (χ1n) is 10.3. The van der Waals surface area contributed by atoms with Crippen molar-refractivity contribution < 1.29 is 22.7 Å². The number of nitrogens with one attached hydrogen (secondary N) is 2. The van der Waals surface area contributed by atoms with E-state index in [1.165, 1.54) is 35.2 Å². The first-order valence-corrected chi connectivity index (χ1v) is 11.9. The number of anilines is 3. The number of aromatic nitrogens is 5. The highest BCUT2D eigenvalue weighted by Crippen LogP contribution is 2.36. The predicted octanol–water partition coefficient (Wildman–Crippen LogP) is 3.81. The van der Waals surface area contributed by atoms with Crippen molar-refractivity contribution in [3.05, 3.63) is 78.1 Å². The number of hydrogen-bond acceptors (Lipinski definition) is 6. The molecule has 0 aliphatic carbocycles. The fourth-order valence-corrected chi connectivity index (χ4v) is 5.47. The molecule has 3 N–H and O–H groups in total. The Labute approximate surface area is 197 Å². The van der Waals surface area contributed by atoms with Gasteiger partial charge >= 0.3 is 6.09 Å². The summed E-state index contributed by atoms with van der Waals surface area (Å²) in [6.45, 7) is 1.63. The fraction of sp³-hybridized carbons (Fsp3) is 0.0909. The molecule has 0 unspecified atom stereocenters. The number of rotatable bonds is 6. The maximum atomic E-state index is 13.8. The second kappa shape index (κ2) is 8.36. The number of halogens is 1. The van der Waals surface area contributed by atoms with Gasteiger partial charge in [0.2, 0.25) is 10.0 Å². The first-order chi connectivity index (χ1) is 16.7. The zero-order valence-corrected chi connectivity index (χ0v) is 19.0. The van der Waals surface area contributed by atoms with Gasteiger partial charge in [0.15, 0.2) is 5.82 Å². The number of aryl methyl sites for hydroxylation is 1. The molecule has 35 heavy (non-hydrogen) atoms. The molecule has 0 aliphatic rings. The SMILES string of the molecule is Cc1c(NC(=O)O)cn2ncnc(N(c3ccc4[nH]ncc4c3)S(=O)(=O)Cc3cccc(F)c3)c12. The largest absolute Gasteiger partial charge is 0.465 e. The van der Waals surface area contributed by atoms with E-state index in [0.717, 1.165) is 10.4 Å². The Morgan fingerprint density at radius 3 is 2.86 bits per heavy atom. The van der Waals surface area contributed by atoms with E-state index >= 15 is 0 Å². The molecule has 11 nitrogen and oxygen atoms in total. The summed E-state index contributed by atoms with van der Waals surface area (Å²) in [6.07, 6.45) is 2.89. The zero-order valence-electron chi connectivity index (χ0n) is 18.2. The van der Waals surface area contributed by atoms with Gasteiger partial charge < -0.3 is 5.11 Å². The molecule has 0 bridgehead atoms. The first kappa shape index (κ1) is 22.3. The third kappa shape index (κ3) is 4.12. The summed E-state index contributed by atoms with van der Waals surface area (Å²) in [5.74, 6) is -1.06. The van der Waals surface area contributed by atoms with Crippen molar-refractivity contribution in [3.8, 4) is 0 Å². The number of benzene rings is 2. The number of carboxylic acid groups (broad SMARTS) is 1. The lowest BCUT2D eigenvalue weighted by molar-refractivity contribution is 0.209. The minimum Gasteiger partial charge on any atom is -0.465 e. The van der Waals surface area contributed by atoms with E-state index in [1.807, 2.05) is 0 Å². The van der Waals surface area contributed by atoms with Crippen LogP contribution in [0.4, 0.5) is 26.4 Å². The van der Waals surface area contributed by atoms with Crippen LogP contribution in [0.5, 0.6) is 0 Å². The van der Waals surface area contributed by atoms with Gasteiger partial charge in [0.25, 0.3) is 0 Å². The van der Waals surface area contributed by atoms with Crippen LogP contribution in [0.2, 0.25) is 0 Å². The second-order valence-corrected chi connectivity index (χ2v) is 9.58. The van der Waals surface area contributed by atoms with Crippen LogP contribution in [0.1, 0.15) is 11.1 Å². The van der Waals surface area contributed by atoms with Crippen molar-refractivity contribution in [3.63, 3.8) is 0 Å². The normalized spacial score (nSPS) is 11.7. The number of aromatic amines is 1. The number of nitrogens with zero attached hydrogens (tertiary/aromatic N) is 5. The Bertz CT molecular complexity index is 1700. The van der Waals surface area contributed by atoms with E-state index < -0.39 is 27.7 Å². The summed E-state index contributed by atoms with van der Waals surface area (Å²) < 4.78 is 43.9. The number of H-pyrrole nitrogens is 1.